The van der Waals surface area contributed by atoms with Gasteiger partial charge in [0.05, 0.1) is 13.5 Å². The van der Waals surface area contributed by atoms with Crippen LogP contribution in [-0.2, 0) is 30.2 Å². The zero-order valence-corrected chi connectivity index (χ0v) is 13.1. The molecule has 2 aromatic carbocycles. The molecule has 0 radical (unpaired) electrons. The van der Waals surface area contributed by atoms with Crippen LogP contribution in [0.3, 0.4) is 0 Å². The Morgan fingerprint density at radius 2 is 1.67 bits per heavy atom. The minimum Gasteiger partial charge on any atom is -0.463 e. The van der Waals surface area contributed by atoms with Crippen LogP contribution in [0, 0.1) is 0 Å². The van der Waals surface area contributed by atoms with E-state index in [1.807, 2.05) is 60.7 Å². The monoisotopic (exact) mass is 324 g/mol. The Labute approximate surface area is 139 Å². The molecule has 5 heteroatoms. The number of carbonyl (C=O) groups is 2. The van der Waals surface area contributed by atoms with E-state index in [-0.39, 0.29) is 12.2 Å². The third kappa shape index (κ3) is 3.15. The Morgan fingerprint density at radius 3 is 2.29 bits per heavy atom. The predicted octanol–water partition coefficient (Wildman–Crippen LogP) is 2.71. The second-order valence-corrected chi connectivity index (χ2v) is 5.32. The fraction of sp³-hybridized carbons (Fsp3) is 0.158. The highest BCUT2D eigenvalue weighted by molar-refractivity contribution is 5.97. The van der Waals surface area contributed by atoms with Crippen LogP contribution < -0.4 is 0 Å². The number of hydrogen-bond donors (Lipinski definition) is 0. The average Bonchev–Trinajstić information content (AvgIpc) is 2.92. The highest BCUT2D eigenvalue weighted by atomic mass is 16.8. The molecule has 122 valence electrons. The van der Waals surface area contributed by atoms with Gasteiger partial charge in [0.2, 0.25) is 5.76 Å². The highest BCUT2D eigenvalue weighted by Gasteiger charge is 2.53. The summed E-state index contributed by atoms with van der Waals surface area (Å²) >= 11 is 0. The molecular formula is C19H16O5. The lowest BCUT2D eigenvalue weighted by Gasteiger charge is -2.23. The minimum absolute atomic E-state index is 0.0254. The van der Waals surface area contributed by atoms with Crippen LogP contribution in [0.2, 0.25) is 0 Å². The van der Waals surface area contributed by atoms with Gasteiger partial charge >= 0.3 is 17.7 Å². The van der Waals surface area contributed by atoms with Crippen LogP contribution in [0.4, 0.5) is 0 Å². The Bertz CT molecular complexity index is 767. The molecule has 5 nitrogen and oxygen atoms in total. The summed E-state index contributed by atoms with van der Waals surface area (Å²) in [5.41, 5.74) is 1.56. The molecule has 0 spiro atoms. The first-order valence-electron chi connectivity index (χ1n) is 7.44. The van der Waals surface area contributed by atoms with Gasteiger partial charge in [-0.25, -0.2) is 9.59 Å². The molecule has 0 aliphatic carbocycles. The molecule has 0 amide bonds. The van der Waals surface area contributed by atoms with Gasteiger partial charge in [-0.05, 0) is 17.2 Å². The molecule has 1 atom stereocenters. The van der Waals surface area contributed by atoms with E-state index in [0.29, 0.717) is 0 Å². The fourth-order valence-electron chi connectivity index (χ4n) is 2.48. The van der Waals surface area contributed by atoms with E-state index in [1.165, 1.54) is 13.2 Å². The van der Waals surface area contributed by atoms with Crippen LogP contribution in [0.5, 0.6) is 0 Å². The number of cyclic esters (lactones) is 1. The molecule has 1 fully saturated rings. The van der Waals surface area contributed by atoms with Gasteiger partial charge in [0.15, 0.2) is 0 Å². The summed E-state index contributed by atoms with van der Waals surface area (Å²) in [6, 6.07) is 18.3. The van der Waals surface area contributed by atoms with Gasteiger partial charge in [0.25, 0.3) is 0 Å². The number of carbonyl (C=O) groups excluding carboxylic acids is 2. The van der Waals surface area contributed by atoms with Crippen molar-refractivity contribution in [3.05, 3.63) is 77.5 Å². The summed E-state index contributed by atoms with van der Waals surface area (Å²) in [5, 5.41) is 0. The van der Waals surface area contributed by atoms with E-state index in [9.17, 15) is 9.59 Å². The number of hydrogen-bond acceptors (Lipinski definition) is 5. The molecule has 0 bridgehead atoms. The van der Waals surface area contributed by atoms with Crippen LogP contribution in [0.1, 0.15) is 11.1 Å². The van der Waals surface area contributed by atoms with Gasteiger partial charge in [-0.1, -0.05) is 60.7 Å². The number of esters is 2. The van der Waals surface area contributed by atoms with E-state index in [0.717, 1.165) is 11.1 Å². The van der Waals surface area contributed by atoms with Gasteiger partial charge < -0.3 is 14.2 Å². The van der Waals surface area contributed by atoms with Crippen molar-refractivity contribution in [3.63, 3.8) is 0 Å². The maximum Gasteiger partial charge on any atom is 0.393 e. The SMILES string of the molecule is COC(=O)C1(Cc2ccccc2)OC(=O)C(=Cc2ccccc2)O1. The molecule has 1 saturated heterocycles. The molecule has 1 heterocycles. The largest absolute Gasteiger partial charge is 0.463 e. The van der Waals surface area contributed by atoms with Crippen LogP contribution in [0.25, 0.3) is 6.08 Å². The average molecular weight is 324 g/mol. The molecule has 3 rings (SSSR count). The Morgan fingerprint density at radius 1 is 1.04 bits per heavy atom. The lowest BCUT2D eigenvalue weighted by molar-refractivity contribution is -0.202. The first-order valence-corrected chi connectivity index (χ1v) is 7.44. The van der Waals surface area contributed by atoms with Crippen molar-refractivity contribution in [2.75, 3.05) is 7.11 Å². The number of rotatable bonds is 4. The van der Waals surface area contributed by atoms with Crippen molar-refractivity contribution in [1.29, 1.82) is 0 Å². The maximum absolute atomic E-state index is 12.2. The molecule has 1 unspecified atom stereocenters. The fourth-order valence-corrected chi connectivity index (χ4v) is 2.48. The summed E-state index contributed by atoms with van der Waals surface area (Å²) in [5.74, 6) is -3.27. The molecule has 1 aliphatic rings. The molecule has 0 saturated carbocycles. The van der Waals surface area contributed by atoms with E-state index in [4.69, 9.17) is 14.2 Å². The standard InChI is InChI=1S/C19H16O5/c1-22-18(21)19(13-15-10-6-3-7-11-15)23-16(17(20)24-19)12-14-8-4-2-5-9-14/h2-12H,13H2,1H3. The maximum atomic E-state index is 12.2. The van der Waals surface area contributed by atoms with Crippen molar-refractivity contribution in [2.24, 2.45) is 0 Å². The summed E-state index contributed by atoms with van der Waals surface area (Å²) in [6.07, 6.45) is 1.61. The van der Waals surface area contributed by atoms with Crippen molar-refractivity contribution in [3.8, 4) is 0 Å². The van der Waals surface area contributed by atoms with Crippen molar-refractivity contribution >= 4 is 18.0 Å². The molecular weight excluding hydrogens is 308 g/mol. The lowest BCUT2D eigenvalue weighted by Crippen LogP contribution is -2.43. The normalized spacial score (nSPS) is 21.2. The second kappa shape index (κ2) is 6.58. The van der Waals surface area contributed by atoms with E-state index >= 15 is 0 Å². The van der Waals surface area contributed by atoms with Gasteiger partial charge in [-0.15, -0.1) is 0 Å². The molecule has 0 N–H and O–H groups in total. The van der Waals surface area contributed by atoms with E-state index in [1.54, 1.807) is 0 Å². The van der Waals surface area contributed by atoms with E-state index in [2.05, 4.69) is 0 Å². The van der Waals surface area contributed by atoms with Gasteiger partial charge in [0.1, 0.15) is 0 Å². The Kier molecular flexibility index (Phi) is 4.33. The first kappa shape index (κ1) is 15.8. The quantitative estimate of drug-likeness (QED) is 0.639. The third-order valence-corrected chi connectivity index (χ3v) is 3.61. The number of benzene rings is 2. The highest BCUT2D eigenvalue weighted by Crippen LogP contribution is 2.33. The zero-order chi connectivity index (χ0) is 17.0. The van der Waals surface area contributed by atoms with Gasteiger partial charge in [0, 0.05) is 0 Å². The van der Waals surface area contributed by atoms with Crippen LogP contribution >= 0.6 is 0 Å². The molecule has 0 aromatic heterocycles. The number of methoxy groups -OCH3 is 1. The molecule has 24 heavy (non-hydrogen) atoms. The first-order chi connectivity index (χ1) is 11.6. The predicted molar refractivity (Wildman–Crippen MR) is 86.5 cm³/mol. The summed E-state index contributed by atoms with van der Waals surface area (Å²) < 4.78 is 15.7. The van der Waals surface area contributed by atoms with Crippen molar-refractivity contribution in [1.82, 2.24) is 0 Å². The second-order valence-electron chi connectivity index (χ2n) is 5.32. The zero-order valence-electron chi connectivity index (χ0n) is 13.1. The third-order valence-electron chi connectivity index (χ3n) is 3.61. The Hall–Kier alpha value is -3.08. The van der Waals surface area contributed by atoms with Crippen LogP contribution in [-0.4, -0.2) is 24.8 Å². The molecule has 2 aromatic rings. The Balaban J connectivity index is 1.92. The lowest BCUT2D eigenvalue weighted by atomic mass is 10.1. The van der Waals surface area contributed by atoms with Gasteiger partial charge in [-0.2, -0.15) is 0 Å². The summed E-state index contributed by atoms with van der Waals surface area (Å²) in [7, 11) is 1.23. The van der Waals surface area contributed by atoms with E-state index < -0.39 is 17.7 Å². The van der Waals surface area contributed by atoms with Crippen molar-refractivity contribution in [2.45, 2.75) is 12.2 Å². The smallest absolute Gasteiger partial charge is 0.393 e. The van der Waals surface area contributed by atoms with Crippen LogP contribution in [0.15, 0.2) is 66.4 Å². The number of ether oxygens (including phenoxy) is 3. The minimum atomic E-state index is -1.80. The molecule has 1 aliphatic heterocycles. The van der Waals surface area contributed by atoms with Gasteiger partial charge in [-0.3, -0.25) is 0 Å². The van der Waals surface area contributed by atoms with Crippen molar-refractivity contribution < 1.29 is 23.8 Å². The summed E-state index contributed by atoms with van der Waals surface area (Å²) in [4.78, 5) is 24.4. The summed E-state index contributed by atoms with van der Waals surface area (Å²) in [6.45, 7) is 0. The topological polar surface area (TPSA) is 61.8 Å².